The fraction of sp³-hybridized carbons (Fsp3) is 0.526. The lowest BCUT2D eigenvalue weighted by Gasteiger charge is -2.31. The molecule has 0 aromatic heterocycles. The van der Waals surface area contributed by atoms with Crippen LogP contribution >= 0.6 is 0 Å². The number of anilines is 1. The van der Waals surface area contributed by atoms with Gasteiger partial charge in [0.25, 0.3) is 5.91 Å². The summed E-state index contributed by atoms with van der Waals surface area (Å²) < 4.78 is 0. The molecule has 1 aromatic rings. The molecule has 25 heavy (non-hydrogen) atoms. The third kappa shape index (κ3) is 5.31. The normalized spacial score (nSPS) is 15.1. The van der Waals surface area contributed by atoms with Gasteiger partial charge in [0.15, 0.2) is 0 Å². The van der Waals surface area contributed by atoms with Crippen molar-refractivity contribution in [1.29, 1.82) is 0 Å². The van der Waals surface area contributed by atoms with Crippen LogP contribution in [0.4, 0.5) is 5.69 Å². The molecule has 1 saturated heterocycles. The number of carbonyl (C=O) groups is 3. The zero-order valence-corrected chi connectivity index (χ0v) is 15.2. The second kappa shape index (κ2) is 8.65. The van der Waals surface area contributed by atoms with Crippen molar-refractivity contribution >= 4 is 23.4 Å². The molecule has 1 aliphatic heterocycles. The number of hydrogen-bond donors (Lipinski definition) is 2. The number of piperidine rings is 1. The number of nitrogens with one attached hydrogen (secondary N) is 2. The van der Waals surface area contributed by atoms with E-state index < -0.39 is 0 Å². The molecule has 0 radical (unpaired) electrons. The summed E-state index contributed by atoms with van der Waals surface area (Å²) in [5.41, 5.74) is 1.28. The van der Waals surface area contributed by atoms with Crippen LogP contribution in [0.25, 0.3) is 0 Å². The minimum Gasteiger partial charge on any atom is -0.354 e. The van der Waals surface area contributed by atoms with Crippen molar-refractivity contribution in [3.8, 4) is 0 Å². The van der Waals surface area contributed by atoms with Crippen molar-refractivity contribution in [3.05, 3.63) is 29.8 Å². The molecule has 1 aromatic carbocycles. The maximum Gasteiger partial charge on any atom is 0.253 e. The monoisotopic (exact) mass is 345 g/mol. The second-order valence-corrected chi connectivity index (χ2v) is 6.71. The Morgan fingerprint density at radius 1 is 1.12 bits per heavy atom. The quantitative estimate of drug-likeness (QED) is 0.860. The van der Waals surface area contributed by atoms with Gasteiger partial charge in [-0.25, -0.2) is 0 Å². The van der Waals surface area contributed by atoms with Gasteiger partial charge in [-0.3, -0.25) is 14.4 Å². The van der Waals surface area contributed by atoms with Crippen LogP contribution in [0.5, 0.6) is 0 Å². The highest BCUT2D eigenvalue weighted by Gasteiger charge is 2.27. The van der Waals surface area contributed by atoms with Gasteiger partial charge >= 0.3 is 0 Å². The summed E-state index contributed by atoms with van der Waals surface area (Å²) in [4.78, 5) is 37.8. The fourth-order valence-electron chi connectivity index (χ4n) is 2.88. The molecule has 0 aliphatic carbocycles. The maximum absolute atomic E-state index is 12.6. The Morgan fingerprint density at radius 2 is 1.72 bits per heavy atom. The molecule has 0 unspecified atom stereocenters. The first-order valence-electron chi connectivity index (χ1n) is 8.90. The predicted octanol–water partition coefficient (Wildman–Crippen LogP) is 2.41. The Hall–Kier alpha value is -2.37. The maximum atomic E-state index is 12.6. The van der Waals surface area contributed by atoms with Crippen LogP contribution in [0.3, 0.4) is 0 Å². The SMILES string of the molecule is CCC(=O)Nc1ccc(C(=O)N2CCC(C(=O)NC(C)C)CC2)cc1. The largest absolute Gasteiger partial charge is 0.354 e. The molecule has 0 spiro atoms. The van der Waals surface area contributed by atoms with E-state index in [9.17, 15) is 14.4 Å². The van der Waals surface area contributed by atoms with Crippen molar-refractivity contribution in [3.63, 3.8) is 0 Å². The Morgan fingerprint density at radius 3 is 2.24 bits per heavy atom. The summed E-state index contributed by atoms with van der Waals surface area (Å²) in [5.74, 6) is -0.0203. The minimum atomic E-state index is -0.0548. The van der Waals surface area contributed by atoms with Crippen LogP contribution < -0.4 is 10.6 Å². The average molecular weight is 345 g/mol. The second-order valence-electron chi connectivity index (χ2n) is 6.71. The number of carbonyl (C=O) groups excluding carboxylic acids is 3. The van der Waals surface area contributed by atoms with E-state index in [2.05, 4.69) is 10.6 Å². The lowest BCUT2D eigenvalue weighted by molar-refractivity contribution is -0.126. The molecule has 2 rings (SSSR count). The predicted molar refractivity (Wildman–Crippen MR) is 97.3 cm³/mol. The summed E-state index contributed by atoms with van der Waals surface area (Å²) in [5, 5.41) is 5.70. The molecule has 0 atom stereocenters. The highest BCUT2D eigenvalue weighted by Crippen LogP contribution is 2.20. The lowest BCUT2D eigenvalue weighted by Crippen LogP contribution is -2.44. The smallest absolute Gasteiger partial charge is 0.253 e. The first-order chi connectivity index (χ1) is 11.9. The first-order valence-corrected chi connectivity index (χ1v) is 8.90. The van der Waals surface area contributed by atoms with E-state index in [0.717, 1.165) is 0 Å². The number of benzene rings is 1. The summed E-state index contributed by atoms with van der Waals surface area (Å²) in [6.45, 7) is 6.86. The molecule has 1 aliphatic rings. The molecule has 1 heterocycles. The highest BCUT2D eigenvalue weighted by molar-refractivity contribution is 5.96. The molecule has 0 bridgehead atoms. The molecule has 0 saturated carbocycles. The van der Waals surface area contributed by atoms with E-state index in [1.54, 1.807) is 36.1 Å². The van der Waals surface area contributed by atoms with Crippen LogP contribution in [-0.4, -0.2) is 41.8 Å². The first kappa shape index (κ1) is 19.0. The summed E-state index contributed by atoms with van der Waals surface area (Å²) in [6, 6.07) is 7.07. The molecular weight excluding hydrogens is 318 g/mol. The van der Waals surface area contributed by atoms with Gasteiger partial charge in [0.2, 0.25) is 11.8 Å². The summed E-state index contributed by atoms with van der Waals surface area (Å²) in [6.07, 6.45) is 1.80. The van der Waals surface area contributed by atoms with E-state index in [1.165, 1.54) is 0 Å². The van der Waals surface area contributed by atoms with Crippen molar-refractivity contribution in [2.24, 2.45) is 5.92 Å². The van der Waals surface area contributed by atoms with Crippen molar-refractivity contribution in [1.82, 2.24) is 10.2 Å². The van der Waals surface area contributed by atoms with Crippen LogP contribution in [0.1, 0.15) is 50.4 Å². The standard InChI is InChI=1S/C19H27N3O3/c1-4-17(23)21-16-7-5-15(6-8-16)19(25)22-11-9-14(10-12-22)18(24)20-13(2)3/h5-8,13-14H,4,9-12H2,1-3H3,(H,20,24)(H,21,23). The Labute approximate surface area is 149 Å². The van der Waals surface area contributed by atoms with Gasteiger partial charge in [0.05, 0.1) is 0 Å². The number of hydrogen-bond acceptors (Lipinski definition) is 3. The van der Waals surface area contributed by atoms with Gasteiger partial charge in [0, 0.05) is 42.7 Å². The van der Waals surface area contributed by atoms with Gasteiger partial charge in [-0.05, 0) is 51.0 Å². The zero-order valence-electron chi connectivity index (χ0n) is 15.2. The van der Waals surface area contributed by atoms with Gasteiger partial charge < -0.3 is 15.5 Å². The number of likely N-dealkylation sites (tertiary alicyclic amines) is 1. The molecule has 6 nitrogen and oxygen atoms in total. The van der Waals surface area contributed by atoms with Crippen LogP contribution in [-0.2, 0) is 9.59 Å². The average Bonchev–Trinajstić information content (AvgIpc) is 2.61. The van der Waals surface area contributed by atoms with Gasteiger partial charge in [0.1, 0.15) is 0 Å². The number of amides is 3. The molecule has 6 heteroatoms. The Bertz CT molecular complexity index is 617. The lowest BCUT2D eigenvalue weighted by atomic mass is 9.95. The third-order valence-corrected chi connectivity index (χ3v) is 4.32. The Kier molecular flexibility index (Phi) is 6.56. The van der Waals surface area contributed by atoms with Crippen LogP contribution in [0.2, 0.25) is 0 Å². The number of rotatable bonds is 5. The van der Waals surface area contributed by atoms with E-state index >= 15 is 0 Å². The van der Waals surface area contributed by atoms with E-state index in [4.69, 9.17) is 0 Å². The number of nitrogens with zero attached hydrogens (tertiary/aromatic N) is 1. The molecule has 3 amide bonds. The fourth-order valence-corrected chi connectivity index (χ4v) is 2.88. The van der Waals surface area contributed by atoms with Crippen LogP contribution in [0.15, 0.2) is 24.3 Å². The van der Waals surface area contributed by atoms with E-state index in [1.807, 2.05) is 13.8 Å². The van der Waals surface area contributed by atoms with Crippen molar-refractivity contribution in [2.45, 2.75) is 46.1 Å². The zero-order chi connectivity index (χ0) is 18.4. The molecular formula is C19H27N3O3. The van der Waals surface area contributed by atoms with Gasteiger partial charge in [-0.2, -0.15) is 0 Å². The topological polar surface area (TPSA) is 78.5 Å². The minimum absolute atomic E-state index is 0.0157. The highest BCUT2D eigenvalue weighted by atomic mass is 16.2. The van der Waals surface area contributed by atoms with Gasteiger partial charge in [-0.15, -0.1) is 0 Å². The van der Waals surface area contributed by atoms with Crippen molar-refractivity contribution in [2.75, 3.05) is 18.4 Å². The van der Waals surface area contributed by atoms with Gasteiger partial charge in [-0.1, -0.05) is 6.92 Å². The molecule has 2 N–H and O–H groups in total. The van der Waals surface area contributed by atoms with Crippen molar-refractivity contribution < 1.29 is 14.4 Å². The van der Waals surface area contributed by atoms with E-state index in [-0.39, 0.29) is 29.7 Å². The summed E-state index contributed by atoms with van der Waals surface area (Å²) in [7, 11) is 0. The Balaban J connectivity index is 1.89. The molecule has 1 fully saturated rings. The molecule has 136 valence electrons. The van der Waals surface area contributed by atoms with E-state index in [0.29, 0.717) is 43.6 Å². The van der Waals surface area contributed by atoms with Crippen LogP contribution in [0, 0.1) is 5.92 Å². The summed E-state index contributed by atoms with van der Waals surface area (Å²) >= 11 is 0. The third-order valence-electron chi connectivity index (χ3n) is 4.32.